The van der Waals surface area contributed by atoms with E-state index >= 15 is 0 Å². The molecule has 2 aliphatic rings. The van der Waals surface area contributed by atoms with Crippen LogP contribution < -0.4 is 5.32 Å². The highest BCUT2D eigenvalue weighted by molar-refractivity contribution is 5.76. The number of amides is 1. The maximum Gasteiger partial charge on any atom is 0.410 e. The van der Waals surface area contributed by atoms with Gasteiger partial charge in [-0.1, -0.05) is 13.8 Å². The minimum atomic E-state index is -4.38. The molecule has 1 unspecified atom stereocenters. The Hall–Kier alpha value is -2.52. The molecule has 4 rings (SSSR count). The Morgan fingerprint density at radius 3 is 2.81 bits per heavy atom. The number of nitrogens with one attached hydrogen (secondary N) is 1. The van der Waals surface area contributed by atoms with Crippen molar-refractivity contribution in [2.45, 2.75) is 76.8 Å². The predicted molar refractivity (Wildman–Crippen MR) is 109 cm³/mol. The predicted octanol–water partition coefficient (Wildman–Crippen LogP) is 4.17. The first kappa shape index (κ1) is 21.7. The number of piperidine rings is 1. The van der Waals surface area contributed by atoms with Crippen molar-refractivity contribution in [2.24, 2.45) is 5.92 Å². The molecule has 0 bridgehead atoms. The number of carbonyl (C=O) groups is 1. The zero-order chi connectivity index (χ0) is 22.2. The van der Waals surface area contributed by atoms with Crippen LogP contribution >= 0.6 is 0 Å². The first-order valence-corrected chi connectivity index (χ1v) is 10.9. The van der Waals surface area contributed by atoms with E-state index in [-0.39, 0.29) is 30.3 Å². The molecule has 1 amide bonds. The Morgan fingerprint density at radius 2 is 2.13 bits per heavy atom. The lowest BCUT2D eigenvalue weighted by Gasteiger charge is -2.35. The van der Waals surface area contributed by atoms with E-state index in [1.165, 1.54) is 0 Å². The van der Waals surface area contributed by atoms with Gasteiger partial charge in [-0.05, 0) is 37.7 Å². The summed E-state index contributed by atoms with van der Waals surface area (Å²) in [6.07, 6.45) is 1.85. The Labute approximate surface area is 179 Å². The monoisotopic (exact) mass is 438 g/mol. The molecule has 3 atom stereocenters. The third-order valence-corrected chi connectivity index (χ3v) is 6.32. The molecule has 0 aromatic carbocycles. The van der Waals surface area contributed by atoms with Crippen LogP contribution in [-0.4, -0.2) is 49.1 Å². The molecule has 1 fully saturated rings. The van der Waals surface area contributed by atoms with Gasteiger partial charge in [0.05, 0.1) is 11.7 Å². The van der Waals surface area contributed by atoms with Crippen LogP contribution in [0.3, 0.4) is 0 Å². The number of anilines is 1. The van der Waals surface area contributed by atoms with Gasteiger partial charge in [-0.2, -0.15) is 23.4 Å². The summed E-state index contributed by atoms with van der Waals surface area (Å²) in [5.74, 6) is 0.426. The molecule has 0 spiro atoms. The van der Waals surface area contributed by atoms with Crippen molar-refractivity contribution in [3.8, 4) is 0 Å². The Bertz CT molecular complexity index is 892. The molecule has 1 N–H and O–H groups in total. The molecule has 2 aliphatic heterocycles. The summed E-state index contributed by atoms with van der Waals surface area (Å²) in [6.45, 7) is 4.90. The van der Waals surface area contributed by atoms with Gasteiger partial charge in [-0.3, -0.25) is 9.48 Å². The smallest absolute Gasteiger partial charge is 0.367 e. The van der Waals surface area contributed by atoms with Crippen molar-refractivity contribution in [3.63, 3.8) is 0 Å². The molecule has 0 aliphatic carbocycles. The molecule has 10 heteroatoms. The van der Waals surface area contributed by atoms with Gasteiger partial charge in [0.1, 0.15) is 5.82 Å². The Morgan fingerprint density at radius 1 is 1.32 bits per heavy atom. The van der Waals surface area contributed by atoms with Crippen molar-refractivity contribution in [3.05, 3.63) is 30.2 Å². The molecule has 0 saturated carbocycles. The van der Waals surface area contributed by atoms with E-state index < -0.39 is 12.2 Å². The molecule has 7 nitrogen and oxygen atoms in total. The first-order chi connectivity index (χ1) is 14.7. The minimum Gasteiger partial charge on any atom is -0.367 e. The van der Waals surface area contributed by atoms with E-state index in [9.17, 15) is 18.0 Å². The number of halogens is 3. The quantitative estimate of drug-likeness (QED) is 0.761. The number of likely N-dealkylation sites (tertiary alicyclic amines) is 1. The lowest BCUT2D eigenvalue weighted by molar-refractivity contribution is -0.174. The molecule has 170 valence electrons. The van der Waals surface area contributed by atoms with Crippen LogP contribution in [0.2, 0.25) is 0 Å². The number of rotatable bonds is 5. The second-order valence-corrected chi connectivity index (χ2v) is 8.80. The highest BCUT2D eigenvalue weighted by Crippen LogP contribution is 2.42. The average molecular weight is 438 g/mol. The third-order valence-electron chi connectivity index (χ3n) is 6.32. The van der Waals surface area contributed by atoms with E-state index in [1.807, 2.05) is 13.8 Å². The highest BCUT2D eigenvalue weighted by Gasteiger charge is 2.47. The van der Waals surface area contributed by atoms with Gasteiger partial charge in [0.2, 0.25) is 5.91 Å². The van der Waals surface area contributed by atoms with Crippen molar-refractivity contribution < 1.29 is 18.0 Å². The van der Waals surface area contributed by atoms with E-state index in [2.05, 4.69) is 15.5 Å². The van der Waals surface area contributed by atoms with Gasteiger partial charge in [-0.25, -0.2) is 4.68 Å². The lowest BCUT2D eigenvalue weighted by atomic mass is 9.94. The Kier molecular flexibility index (Phi) is 5.98. The average Bonchev–Trinajstić information content (AvgIpc) is 3.39. The number of carbonyl (C=O) groups excluding carboxylic acids is 1. The molecule has 31 heavy (non-hydrogen) atoms. The zero-order valence-electron chi connectivity index (χ0n) is 17.8. The standard InChI is InChI=1S/C21H29F3N6O/c1-14(2)15-12-18(21(22,23)24)30-19(26-15)13-16(27-30)17-6-3-4-10-29(17)20(31)7-11-28-9-5-8-25-28/h5,8-9,13-15,17-18,26H,3-4,6-7,10-12H2,1-2H3/t15-,17?,18+/m0/s1. The van der Waals surface area contributed by atoms with Crippen molar-refractivity contribution in [2.75, 3.05) is 11.9 Å². The number of aryl methyl sites for hydroxylation is 1. The molecule has 4 heterocycles. The number of fused-ring (bicyclic) bond motifs is 1. The second kappa shape index (κ2) is 8.55. The van der Waals surface area contributed by atoms with Crippen LogP contribution in [0.4, 0.5) is 19.0 Å². The van der Waals surface area contributed by atoms with Crippen LogP contribution in [0.5, 0.6) is 0 Å². The summed E-state index contributed by atoms with van der Waals surface area (Å²) < 4.78 is 44.1. The highest BCUT2D eigenvalue weighted by atomic mass is 19.4. The van der Waals surface area contributed by atoms with Gasteiger partial charge in [0.15, 0.2) is 6.04 Å². The third kappa shape index (κ3) is 4.57. The molecular weight excluding hydrogens is 409 g/mol. The molecule has 2 aromatic rings. The normalized spacial score (nSPS) is 24.2. The molecule has 1 saturated heterocycles. The Balaban J connectivity index is 1.57. The van der Waals surface area contributed by atoms with Crippen LogP contribution in [-0.2, 0) is 11.3 Å². The van der Waals surface area contributed by atoms with E-state index in [1.54, 1.807) is 34.1 Å². The molecular formula is C21H29F3N6O. The SMILES string of the molecule is CC(C)[C@@H]1C[C@H](C(F)(F)F)n2nc(C3CCCCN3C(=O)CCn3cccn3)cc2N1. The van der Waals surface area contributed by atoms with E-state index in [0.29, 0.717) is 37.4 Å². The summed E-state index contributed by atoms with van der Waals surface area (Å²) in [5, 5.41) is 11.7. The summed E-state index contributed by atoms with van der Waals surface area (Å²) in [5.41, 5.74) is 0.535. The topological polar surface area (TPSA) is 68.0 Å². The lowest BCUT2D eigenvalue weighted by Crippen LogP contribution is -2.41. The fraction of sp³-hybridized carbons (Fsp3) is 0.667. The first-order valence-electron chi connectivity index (χ1n) is 10.9. The van der Waals surface area contributed by atoms with Crippen molar-refractivity contribution in [1.29, 1.82) is 0 Å². The minimum absolute atomic E-state index is 0.0217. The number of nitrogens with zero attached hydrogens (tertiary/aromatic N) is 5. The van der Waals surface area contributed by atoms with E-state index in [0.717, 1.165) is 17.5 Å². The number of alkyl halides is 3. The maximum absolute atomic E-state index is 13.8. The summed E-state index contributed by atoms with van der Waals surface area (Å²) in [7, 11) is 0. The van der Waals surface area contributed by atoms with Crippen molar-refractivity contribution in [1.82, 2.24) is 24.5 Å². The van der Waals surface area contributed by atoms with Crippen LogP contribution in [0, 0.1) is 5.92 Å². The molecule has 0 radical (unpaired) electrons. The van der Waals surface area contributed by atoms with E-state index in [4.69, 9.17) is 0 Å². The second-order valence-electron chi connectivity index (χ2n) is 8.80. The van der Waals surface area contributed by atoms with Crippen molar-refractivity contribution >= 4 is 11.7 Å². The van der Waals surface area contributed by atoms with Crippen LogP contribution in [0.1, 0.15) is 63.7 Å². The largest absolute Gasteiger partial charge is 0.410 e. The summed E-state index contributed by atoms with van der Waals surface area (Å²) >= 11 is 0. The number of hydrogen-bond acceptors (Lipinski definition) is 4. The van der Waals surface area contributed by atoms with Gasteiger partial charge < -0.3 is 10.2 Å². The zero-order valence-corrected chi connectivity index (χ0v) is 17.8. The van der Waals surface area contributed by atoms with Crippen LogP contribution in [0.25, 0.3) is 0 Å². The number of hydrogen-bond donors (Lipinski definition) is 1. The van der Waals surface area contributed by atoms with Gasteiger partial charge in [0.25, 0.3) is 0 Å². The van der Waals surface area contributed by atoms with Gasteiger partial charge >= 0.3 is 6.18 Å². The van der Waals surface area contributed by atoms with Crippen LogP contribution in [0.15, 0.2) is 24.5 Å². The fourth-order valence-corrected chi connectivity index (χ4v) is 4.55. The number of aromatic nitrogens is 4. The summed E-state index contributed by atoms with van der Waals surface area (Å²) in [6, 6.07) is 1.28. The molecule has 2 aromatic heterocycles. The maximum atomic E-state index is 13.8. The van der Waals surface area contributed by atoms with Gasteiger partial charge in [0, 0.05) is 44.0 Å². The fourth-order valence-electron chi connectivity index (χ4n) is 4.55. The summed E-state index contributed by atoms with van der Waals surface area (Å²) in [4.78, 5) is 14.7. The van der Waals surface area contributed by atoms with Gasteiger partial charge in [-0.15, -0.1) is 0 Å².